The predicted molar refractivity (Wildman–Crippen MR) is 210 cm³/mol. The molecule has 43 heavy (non-hydrogen) atoms. The molecular weight excluding hydrogens is 565 g/mol. The number of hydrogen-bond donors (Lipinski definition) is 6. The topological polar surface area (TPSA) is 48.1 Å². The van der Waals surface area contributed by atoms with Crippen LogP contribution in [0.4, 0.5) is 0 Å². The summed E-state index contributed by atoms with van der Waals surface area (Å²) in [5.41, 5.74) is 0. The molecule has 0 fully saturated rings. The van der Waals surface area contributed by atoms with Gasteiger partial charge in [0.2, 0.25) is 0 Å². The van der Waals surface area contributed by atoms with Crippen molar-refractivity contribution < 1.29 is 0 Å². The second-order valence-corrected chi connectivity index (χ2v) is 13.9. The van der Waals surface area contributed by atoms with Gasteiger partial charge in [0, 0.05) is 36.7 Å². The number of hydrogen-bond acceptors (Lipinski definition) is 6. The Morgan fingerprint density at radius 2 is 0.651 bits per heavy atom. The summed E-state index contributed by atoms with van der Waals surface area (Å²) in [5, 5.41) is 15.3. The lowest BCUT2D eigenvalue weighted by atomic mass is 9.89. The van der Waals surface area contributed by atoms with Crippen molar-refractivity contribution in [3.8, 4) is 0 Å². The molecule has 4 atom stereocenters. The van der Waals surface area contributed by atoms with Crippen molar-refractivity contribution in [3.63, 3.8) is 0 Å². The molecule has 4 N–H and O–H groups in total. The fourth-order valence-corrected chi connectivity index (χ4v) is 7.30. The Balaban J connectivity index is -0.000000338. The summed E-state index contributed by atoms with van der Waals surface area (Å²) < 4.78 is 0. The van der Waals surface area contributed by atoms with E-state index in [1.54, 1.807) is 0 Å². The van der Waals surface area contributed by atoms with Gasteiger partial charge in [0.15, 0.2) is 0 Å². The summed E-state index contributed by atoms with van der Waals surface area (Å²) in [7, 11) is 0. The van der Waals surface area contributed by atoms with Gasteiger partial charge in [0.25, 0.3) is 0 Å². The van der Waals surface area contributed by atoms with Crippen LogP contribution in [0.5, 0.6) is 0 Å². The van der Waals surface area contributed by atoms with Gasteiger partial charge in [0.1, 0.15) is 0 Å². The molecule has 0 heterocycles. The molecular formula is C37H86N4S2. The van der Waals surface area contributed by atoms with Crippen LogP contribution in [0.2, 0.25) is 0 Å². The number of thiol groups is 2. The molecule has 0 aromatic rings. The third kappa shape index (κ3) is 26.3. The minimum atomic E-state index is 0. The lowest BCUT2D eigenvalue weighted by Gasteiger charge is -2.22. The molecule has 0 aromatic heterocycles. The van der Waals surface area contributed by atoms with Crippen molar-refractivity contribution in [3.05, 3.63) is 0 Å². The van der Waals surface area contributed by atoms with Crippen LogP contribution in [0.25, 0.3) is 0 Å². The molecule has 0 amide bonds. The van der Waals surface area contributed by atoms with Gasteiger partial charge in [-0.2, -0.15) is 25.3 Å². The molecule has 0 radical (unpaired) electrons. The summed E-state index contributed by atoms with van der Waals surface area (Å²) in [6.45, 7) is 31.7. The summed E-state index contributed by atoms with van der Waals surface area (Å²) in [4.78, 5) is 0. The van der Waals surface area contributed by atoms with E-state index in [0.717, 1.165) is 87.9 Å². The molecule has 0 saturated carbocycles. The van der Waals surface area contributed by atoms with Crippen LogP contribution in [-0.4, -0.2) is 62.9 Å². The monoisotopic (exact) mass is 651 g/mol. The zero-order chi connectivity index (χ0) is 31.5. The van der Waals surface area contributed by atoms with Crippen LogP contribution in [0.15, 0.2) is 0 Å². The van der Waals surface area contributed by atoms with Crippen LogP contribution in [0.3, 0.4) is 0 Å². The van der Waals surface area contributed by atoms with Crippen molar-refractivity contribution in [2.24, 2.45) is 35.5 Å². The Morgan fingerprint density at radius 1 is 0.395 bits per heavy atom. The highest BCUT2D eigenvalue weighted by Gasteiger charge is 2.15. The maximum Gasteiger partial charge on any atom is 0.0170 e. The third-order valence-corrected chi connectivity index (χ3v) is 10.9. The summed E-state index contributed by atoms with van der Waals surface area (Å²) in [6, 6.07) is 0. The second-order valence-electron chi connectivity index (χ2n) is 12.6. The Hall–Kier alpha value is 0.540. The first-order valence-corrected chi connectivity index (χ1v) is 18.9. The van der Waals surface area contributed by atoms with Gasteiger partial charge in [-0.25, -0.2) is 0 Å². The first kappa shape index (κ1) is 50.4. The lowest BCUT2D eigenvalue weighted by molar-refractivity contribution is 0.322. The summed E-state index contributed by atoms with van der Waals surface area (Å²) in [5.74, 6) is 4.82. The van der Waals surface area contributed by atoms with E-state index in [2.05, 4.69) is 90.5 Å². The van der Waals surface area contributed by atoms with Crippen molar-refractivity contribution in [2.45, 2.75) is 152 Å². The molecule has 6 heteroatoms. The highest BCUT2D eigenvalue weighted by molar-refractivity contribution is 7.81. The zero-order valence-corrected chi connectivity index (χ0v) is 31.3. The van der Waals surface area contributed by atoms with E-state index in [4.69, 9.17) is 25.3 Å². The number of rotatable bonds is 27. The Kier molecular flexibility index (Phi) is 41.5. The first-order valence-electron chi connectivity index (χ1n) is 17.9. The predicted octanol–water partition coefficient (Wildman–Crippen LogP) is 9.61. The van der Waals surface area contributed by atoms with Crippen molar-refractivity contribution in [1.29, 1.82) is 0 Å². The first-order chi connectivity index (χ1) is 19.7. The molecule has 0 spiro atoms. The minimum Gasteiger partial charge on any atom is -0.316 e. The van der Waals surface area contributed by atoms with Crippen molar-refractivity contribution in [2.75, 3.05) is 52.4 Å². The van der Waals surface area contributed by atoms with Crippen LogP contribution >= 0.6 is 25.3 Å². The maximum atomic E-state index is 4.72. The Morgan fingerprint density at radius 3 is 0.953 bits per heavy atom. The number of nitrogens with one attached hydrogen (secondary N) is 4. The van der Waals surface area contributed by atoms with E-state index in [-0.39, 0.29) is 14.9 Å². The Bertz CT molecular complexity index is 465. The van der Waals surface area contributed by atoms with Crippen LogP contribution in [-0.2, 0) is 0 Å². The average molecular weight is 651 g/mol. The van der Waals surface area contributed by atoms with Gasteiger partial charge in [-0.15, -0.1) is 0 Å². The molecule has 2 unspecified atom stereocenters. The quantitative estimate of drug-likeness (QED) is 0.0396. The highest BCUT2D eigenvalue weighted by atomic mass is 32.1. The normalized spacial score (nSPS) is 14.2. The zero-order valence-electron chi connectivity index (χ0n) is 29.5. The SMILES string of the molecule is C.C.CCC(CC)C(S)CNCCCNC[C@@H](C)C(CC)CC.CCC(CC)C(S)CNCCNC[C@@H](C)C(CC)CC. The van der Waals surface area contributed by atoms with Gasteiger partial charge >= 0.3 is 0 Å². The molecule has 0 aliphatic heterocycles. The third-order valence-electron chi connectivity index (χ3n) is 9.72. The second kappa shape index (κ2) is 35.4. The average Bonchev–Trinajstić information content (AvgIpc) is 2.97. The summed E-state index contributed by atoms with van der Waals surface area (Å²) >= 11 is 9.43. The minimum absolute atomic E-state index is 0. The smallest absolute Gasteiger partial charge is 0.0170 e. The van der Waals surface area contributed by atoms with E-state index in [1.165, 1.54) is 57.8 Å². The van der Waals surface area contributed by atoms with Gasteiger partial charge in [0.05, 0.1) is 0 Å². The van der Waals surface area contributed by atoms with Crippen LogP contribution in [0.1, 0.15) is 142 Å². The van der Waals surface area contributed by atoms with E-state index in [1.807, 2.05) is 0 Å². The van der Waals surface area contributed by atoms with E-state index in [0.29, 0.717) is 10.5 Å². The molecule has 0 bridgehead atoms. The molecule has 0 saturated heterocycles. The van der Waals surface area contributed by atoms with E-state index in [9.17, 15) is 0 Å². The molecule has 4 nitrogen and oxygen atoms in total. The standard InChI is InChI=1S/C18H40N2S.C17H38N2S.2CH4/c1-6-16(7-2)15(5)13-19-11-10-12-20-14-18(21)17(8-3)9-4;1-6-15(7-2)14(5)12-18-10-11-19-13-17(20)16(8-3)9-4;;/h15-21H,6-14H2,1-5H3;14-20H,6-13H2,1-5H3;2*1H4/t15-,18?;14-,17?;;/m11../s1. The maximum absolute atomic E-state index is 4.72. The van der Waals surface area contributed by atoms with Gasteiger partial charge in [-0.3, -0.25) is 0 Å². The molecule has 0 aliphatic rings. The molecule has 0 aromatic carbocycles. The van der Waals surface area contributed by atoms with Crippen LogP contribution < -0.4 is 21.3 Å². The van der Waals surface area contributed by atoms with Gasteiger partial charge < -0.3 is 21.3 Å². The van der Waals surface area contributed by atoms with Gasteiger partial charge in [-0.05, 0) is 68.1 Å². The fourth-order valence-electron chi connectivity index (χ4n) is 6.19. The largest absolute Gasteiger partial charge is 0.316 e. The molecule has 0 aliphatic carbocycles. The van der Waals surface area contributed by atoms with Crippen molar-refractivity contribution >= 4 is 25.3 Å². The fraction of sp³-hybridized carbons (Fsp3) is 1.00. The van der Waals surface area contributed by atoms with Gasteiger partial charge in [-0.1, -0.05) is 135 Å². The van der Waals surface area contributed by atoms with Crippen LogP contribution in [0, 0.1) is 35.5 Å². The molecule has 266 valence electrons. The van der Waals surface area contributed by atoms with Crippen molar-refractivity contribution in [1.82, 2.24) is 21.3 Å². The van der Waals surface area contributed by atoms with E-state index < -0.39 is 0 Å². The highest BCUT2D eigenvalue weighted by Crippen LogP contribution is 2.20. The Labute approximate surface area is 285 Å². The summed E-state index contributed by atoms with van der Waals surface area (Å²) in [6.07, 6.45) is 11.4. The van der Waals surface area contributed by atoms with E-state index >= 15 is 0 Å². The molecule has 0 rings (SSSR count). The lowest BCUT2D eigenvalue weighted by Crippen LogP contribution is -2.35.